The van der Waals surface area contributed by atoms with E-state index in [0.29, 0.717) is 37.2 Å². The molecule has 6 rings (SSSR count). The molecule has 5 atom stereocenters. The van der Waals surface area contributed by atoms with Crippen LogP contribution in [0.2, 0.25) is 0 Å². The first kappa shape index (κ1) is 26.8. The van der Waals surface area contributed by atoms with Gasteiger partial charge in [0.2, 0.25) is 5.91 Å². The van der Waals surface area contributed by atoms with Gasteiger partial charge in [0, 0.05) is 31.7 Å². The molecule has 1 saturated carbocycles. The third-order valence-corrected chi connectivity index (χ3v) is 9.41. The molecule has 1 spiro atoms. The molecule has 0 aromatic heterocycles. The van der Waals surface area contributed by atoms with E-state index < -0.39 is 40.9 Å². The minimum absolute atomic E-state index is 0.131. The number of rotatable bonds is 4. The van der Waals surface area contributed by atoms with Crippen LogP contribution in [0.1, 0.15) is 48.4 Å². The fourth-order valence-electron chi connectivity index (χ4n) is 7.62. The van der Waals surface area contributed by atoms with Crippen molar-refractivity contribution < 1.29 is 37.3 Å². The number of carbonyl (C=O) groups excluding carboxylic acids is 2. The van der Waals surface area contributed by atoms with Gasteiger partial charge in [-0.25, -0.2) is 0 Å². The third kappa shape index (κ3) is 3.79. The summed E-state index contributed by atoms with van der Waals surface area (Å²) in [5.41, 5.74) is -0.523. The summed E-state index contributed by atoms with van der Waals surface area (Å²) in [7, 11) is 3.67. The lowest BCUT2D eigenvalue weighted by Gasteiger charge is -2.64. The molecule has 2 aliphatic heterocycles. The number of piperidine rings is 1. The van der Waals surface area contributed by atoms with Crippen LogP contribution in [0, 0.1) is 0 Å². The number of aliphatic hydroxyl groups is 1. The zero-order valence-electron chi connectivity index (χ0n) is 22.5. The molecule has 0 radical (unpaired) electrons. The van der Waals surface area contributed by atoms with Gasteiger partial charge in [-0.1, -0.05) is 18.2 Å². The Labute approximate surface area is 230 Å². The van der Waals surface area contributed by atoms with Crippen molar-refractivity contribution >= 4 is 18.0 Å². The highest BCUT2D eigenvalue weighted by Crippen LogP contribution is 2.65. The van der Waals surface area contributed by atoms with Crippen molar-refractivity contribution in [1.82, 2.24) is 9.80 Å². The van der Waals surface area contributed by atoms with Crippen LogP contribution in [-0.4, -0.2) is 71.2 Å². The van der Waals surface area contributed by atoms with Crippen molar-refractivity contribution in [2.75, 3.05) is 20.6 Å². The summed E-state index contributed by atoms with van der Waals surface area (Å²) in [6.07, 6.45) is -0.284. The van der Waals surface area contributed by atoms with E-state index >= 15 is 0 Å². The van der Waals surface area contributed by atoms with E-state index in [1.54, 1.807) is 18.0 Å². The van der Waals surface area contributed by atoms with Crippen LogP contribution >= 0.6 is 0 Å². The number of carbonyl (C=O) groups is 2. The molecular formula is C30H31F3N2O5. The van der Waals surface area contributed by atoms with Crippen molar-refractivity contribution in [3.05, 3.63) is 64.7 Å². The van der Waals surface area contributed by atoms with Crippen molar-refractivity contribution in [2.24, 2.45) is 0 Å². The van der Waals surface area contributed by atoms with E-state index in [2.05, 4.69) is 4.90 Å². The Morgan fingerprint density at radius 2 is 2.00 bits per heavy atom. The van der Waals surface area contributed by atoms with E-state index in [0.717, 1.165) is 29.8 Å². The maximum absolute atomic E-state index is 13.4. The quantitative estimate of drug-likeness (QED) is 0.349. The summed E-state index contributed by atoms with van der Waals surface area (Å²) < 4.78 is 51.5. The average molecular weight is 557 g/mol. The Morgan fingerprint density at radius 3 is 2.73 bits per heavy atom. The number of halogens is 3. The van der Waals surface area contributed by atoms with Gasteiger partial charge in [-0.05, 0) is 74.7 Å². The first-order valence-corrected chi connectivity index (χ1v) is 13.4. The van der Waals surface area contributed by atoms with Gasteiger partial charge in [0.1, 0.15) is 6.10 Å². The molecule has 10 heteroatoms. The highest BCUT2D eigenvalue weighted by molar-refractivity contribution is 5.92. The van der Waals surface area contributed by atoms with Gasteiger partial charge in [0.15, 0.2) is 11.5 Å². The predicted octanol–water partition coefficient (Wildman–Crippen LogP) is 3.96. The highest BCUT2D eigenvalue weighted by Gasteiger charge is 2.73. The van der Waals surface area contributed by atoms with E-state index in [-0.39, 0.29) is 17.5 Å². The standard InChI is InChI=1S/C30H31F3N2O5/c1-17(36)39-22-9-8-19-16-23-29(38)12-11-21(27-28(29,13-14-34(23)2)25(19)26(22)40-27)35(3)24(37)10-7-18-5-4-6-20(15-18)30(31,32)33/h4-10,15,21,23,27,38H,11-14,16H2,1-3H3/t21-,23+,27-,28-,29+/m0/s1. The predicted molar refractivity (Wildman–Crippen MR) is 140 cm³/mol. The normalized spacial score (nSPS) is 30.5. The van der Waals surface area contributed by atoms with Gasteiger partial charge in [-0.3, -0.25) is 9.59 Å². The van der Waals surface area contributed by atoms with Gasteiger partial charge >= 0.3 is 12.1 Å². The Morgan fingerprint density at radius 1 is 1.23 bits per heavy atom. The van der Waals surface area contributed by atoms with Gasteiger partial charge in [-0.2, -0.15) is 13.2 Å². The molecule has 2 fully saturated rings. The van der Waals surface area contributed by atoms with Crippen LogP contribution in [0.3, 0.4) is 0 Å². The summed E-state index contributed by atoms with van der Waals surface area (Å²) in [5, 5.41) is 12.4. The zero-order chi connectivity index (χ0) is 28.6. The number of hydrogen-bond acceptors (Lipinski definition) is 6. The van der Waals surface area contributed by atoms with Crippen LogP contribution < -0.4 is 9.47 Å². The zero-order valence-corrected chi connectivity index (χ0v) is 22.5. The van der Waals surface area contributed by atoms with Crippen LogP contribution in [0.4, 0.5) is 13.2 Å². The Hall–Kier alpha value is -3.37. The number of esters is 1. The molecule has 1 amide bonds. The summed E-state index contributed by atoms with van der Waals surface area (Å²) in [6.45, 7) is 2.05. The lowest BCUT2D eigenvalue weighted by atomic mass is 9.48. The molecule has 0 unspecified atom stereocenters. The van der Waals surface area contributed by atoms with Gasteiger partial charge < -0.3 is 24.4 Å². The van der Waals surface area contributed by atoms with Crippen molar-refractivity contribution in [1.29, 1.82) is 0 Å². The first-order valence-electron chi connectivity index (χ1n) is 13.4. The van der Waals surface area contributed by atoms with Crippen LogP contribution in [0.15, 0.2) is 42.5 Å². The largest absolute Gasteiger partial charge is 0.483 e. The summed E-state index contributed by atoms with van der Waals surface area (Å²) in [5.74, 6) is -0.120. The van der Waals surface area contributed by atoms with E-state index in [9.17, 15) is 27.9 Å². The fourth-order valence-corrected chi connectivity index (χ4v) is 7.62. The van der Waals surface area contributed by atoms with Gasteiger partial charge in [0.05, 0.1) is 22.6 Å². The fraction of sp³-hybridized carbons (Fsp3) is 0.467. The summed E-state index contributed by atoms with van der Waals surface area (Å²) in [6, 6.07) is 7.91. The second-order valence-corrected chi connectivity index (χ2v) is 11.4. The van der Waals surface area contributed by atoms with Gasteiger partial charge in [0.25, 0.3) is 0 Å². The Balaban J connectivity index is 1.36. The number of benzene rings is 2. The molecule has 2 aromatic carbocycles. The topological polar surface area (TPSA) is 79.3 Å². The molecule has 2 bridgehead atoms. The molecule has 40 heavy (non-hydrogen) atoms. The maximum Gasteiger partial charge on any atom is 0.416 e. The SMILES string of the molecule is CC(=O)Oc1ccc2c3c1O[C@H]1[C@@H](N(C)C(=O)C=Cc4cccc(C(F)(F)F)c4)CC[C@@]4(O)[C@@H](C2)N(C)CC[C@]314. The number of likely N-dealkylation sites (N-methyl/N-ethyl adjacent to an activating group) is 2. The molecule has 2 aromatic rings. The molecule has 7 nitrogen and oxygen atoms in total. The molecule has 1 N–H and O–H groups in total. The summed E-state index contributed by atoms with van der Waals surface area (Å²) >= 11 is 0. The molecular weight excluding hydrogens is 525 g/mol. The van der Waals surface area contributed by atoms with Crippen molar-refractivity contribution in [2.45, 2.75) is 68.0 Å². The molecule has 1 saturated heterocycles. The Bertz CT molecular complexity index is 1420. The minimum Gasteiger partial charge on any atom is -0.483 e. The van der Waals surface area contributed by atoms with Crippen LogP contribution in [0.25, 0.3) is 6.08 Å². The smallest absolute Gasteiger partial charge is 0.416 e. The number of amides is 1. The number of hydrogen-bond donors (Lipinski definition) is 1. The Kier molecular flexibility index (Phi) is 6.09. The second kappa shape index (κ2) is 9.07. The van der Waals surface area contributed by atoms with Crippen molar-refractivity contribution in [3.8, 4) is 11.5 Å². The highest BCUT2D eigenvalue weighted by atomic mass is 19.4. The molecule has 2 aliphatic carbocycles. The first-order chi connectivity index (χ1) is 18.9. The molecule has 4 aliphatic rings. The number of ether oxygens (including phenoxy) is 2. The minimum atomic E-state index is -4.48. The monoisotopic (exact) mass is 556 g/mol. The number of alkyl halides is 3. The van der Waals surface area contributed by atoms with Crippen LogP contribution in [0.5, 0.6) is 11.5 Å². The van der Waals surface area contributed by atoms with Crippen LogP contribution in [-0.2, 0) is 27.6 Å². The lowest BCUT2D eigenvalue weighted by molar-refractivity contribution is -0.195. The lowest BCUT2D eigenvalue weighted by Crippen LogP contribution is -2.77. The number of nitrogens with zero attached hydrogens (tertiary/aromatic N) is 2. The molecule has 212 valence electrons. The average Bonchev–Trinajstić information content (AvgIpc) is 3.25. The van der Waals surface area contributed by atoms with Crippen molar-refractivity contribution in [3.63, 3.8) is 0 Å². The van der Waals surface area contributed by atoms with Gasteiger partial charge in [-0.15, -0.1) is 0 Å². The molecule has 2 heterocycles. The third-order valence-electron chi connectivity index (χ3n) is 9.41. The van der Waals surface area contributed by atoms with E-state index in [4.69, 9.17) is 9.47 Å². The second-order valence-electron chi connectivity index (χ2n) is 11.4. The van der Waals surface area contributed by atoms with E-state index in [1.807, 2.05) is 13.1 Å². The number of likely N-dealkylation sites (tertiary alicyclic amines) is 1. The van der Waals surface area contributed by atoms with E-state index in [1.165, 1.54) is 31.2 Å². The summed E-state index contributed by atoms with van der Waals surface area (Å²) in [4.78, 5) is 29.0. The maximum atomic E-state index is 13.4.